The average Bonchev–Trinajstić information content (AvgIpc) is 3.16. The van der Waals surface area contributed by atoms with Crippen LogP contribution in [0.25, 0.3) is 11.4 Å². The van der Waals surface area contributed by atoms with E-state index < -0.39 is 0 Å². The van der Waals surface area contributed by atoms with E-state index in [-0.39, 0.29) is 17.3 Å². The van der Waals surface area contributed by atoms with Crippen LogP contribution < -0.4 is 14.2 Å². The first-order chi connectivity index (χ1) is 12.6. The highest BCUT2D eigenvalue weighted by molar-refractivity contribution is 6.08. The van der Waals surface area contributed by atoms with Gasteiger partial charge in [-0.2, -0.15) is 0 Å². The molecule has 0 unspecified atom stereocenters. The molecule has 1 aromatic heterocycles. The number of benzene rings is 2. The molecule has 2 aromatic carbocycles. The van der Waals surface area contributed by atoms with E-state index in [0.29, 0.717) is 34.2 Å². The van der Waals surface area contributed by atoms with Gasteiger partial charge in [-0.15, -0.1) is 0 Å². The number of hydrogen-bond donors (Lipinski definition) is 1. The molecular formula is C19H17FN2O4. The Kier molecular flexibility index (Phi) is 4.88. The van der Waals surface area contributed by atoms with Gasteiger partial charge in [-0.1, -0.05) is 12.1 Å². The molecule has 3 rings (SSSR count). The summed E-state index contributed by atoms with van der Waals surface area (Å²) in [4.78, 5) is 19.9. The Labute approximate surface area is 149 Å². The molecule has 0 aliphatic heterocycles. The largest absolute Gasteiger partial charge is 0.493 e. The van der Waals surface area contributed by atoms with Gasteiger partial charge in [0.2, 0.25) is 11.5 Å². The maximum Gasteiger partial charge on any atom is 0.211 e. The molecule has 0 saturated heterocycles. The van der Waals surface area contributed by atoms with Crippen LogP contribution in [0.4, 0.5) is 4.39 Å². The number of aromatic nitrogens is 2. The molecule has 0 bridgehead atoms. The van der Waals surface area contributed by atoms with Gasteiger partial charge >= 0.3 is 0 Å². The first-order valence-electron chi connectivity index (χ1n) is 7.73. The summed E-state index contributed by atoms with van der Waals surface area (Å²) >= 11 is 0. The molecule has 1 heterocycles. The van der Waals surface area contributed by atoms with Crippen LogP contribution in [0.3, 0.4) is 0 Å². The minimum absolute atomic E-state index is 0.263. The van der Waals surface area contributed by atoms with Crippen molar-refractivity contribution in [2.75, 3.05) is 21.3 Å². The smallest absolute Gasteiger partial charge is 0.211 e. The number of methoxy groups -OCH3 is 3. The van der Waals surface area contributed by atoms with Gasteiger partial charge < -0.3 is 19.2 Å². The zero-order valence-electron chi connectivity index (χ0n) is 14.5. The van der Waals surface area contributed by atoms with E-state index in [1.165, 1.54) is 39.7 Å². The number of H-pyrrole nitrogens is 1. The van der Waals surface area contributed by atoms with E-state index in [4.69, 9.17) is 14.2 Å². The number of rotatable bonds is 6. The van der Waals surface area contributed by atoms with Crippen molar-refractivity contribution in [2.24, 2.45) is 0 Å². The number of nitrogens with one attached hydrogen (secondary N) is 1. The molecule has 0 spiro atoms. The quantitative estimate of drug-likeness (QED) is 0.685. The van der Waals surface area contributed by atoms with Gasteiger partial charge in [0.25, 0.3) is 0 Å². The van der Waals surface area contributed by atoms with Crippen LogP contribution in [0.2, 0.25) is 0 Å². The Bertz CT molecular complexity index is 927. The zero-order chi connectivity index (χ0) is 18.7. The predicted molar refractivity (Wildman–Crippen MR) is 93.5 cm³/mol. The van der Waals surface area contributed by atoms with Gasteiger partial charge in [-0.05, 0) is 24.3 Å². The number of ketones is 1. The fraction of sp³-hybridized carbons (Fsp3) is 0.158. The van der Waals surface area contributed by atoms with E-state index in [2.05, 4.69) is 9.97 Å². The minimum atomic E-state index is -0.378. The normalized spacial score (nSPS) is 10.5. The summed E-state index contributed by atoms with van der Waals surface area (Å²) in [5, 5.41) is 0. The first-order valence-corrected chi connectivity index (χ1v) is 7.73. The second kappa shape index (κ2) is 7.26. The molecule has 0 aliphatic rings. The third-order valence-electron chi connectivity index (χ3n) is 3.85. The van der Waals surface area contributed by atoms with Crippen molar-refractivity contribution in [2.45, 2.75) is 0 Å². The van der Waals surface area contributed by atoms with Gasteiger partial charge in [-0.3, -0.25) is 4.79 Å². The Morgan fingerprint density at radius 1 is 1.04 bits per heavy atom. The molecule has 0 saturated carbocycles. The molecule has 0 atom stereocenters. The zero-order valence-corrected chi connectivity index (χ0v) is 14.5. The van der Waals surface area contributed by atoms with Crippen LogP contribution in [0.1, 0.15) is 16.1 Å². The number of aromatic amines is 1. The molecule has 0 radical (unpaired) electrons. The highest BCUT2D eigenvalue weighted by Crippen LogP contribution is 2.38. The number of ether oxygens (including phenoxy) is 3. The molecule has 7 heteroatoms. The van der Waals surface area contributed by atoms with Gasteiger partial charge in [-0.25, -0.2) is 9.37 Å². The van der Waals surface area contributed by atoms with Crippen molar-refractivity contribution in [1.29, 1.82) is 0 Å². The Morgan fingerprint density at radius 3 is 2.31 bits per heavy atom. The van der Waals surface area contributed by atoms with Gasteiger partial charge in [0.05, 0.1) is 27.5 Å². The lowest BCUT2D eigenvalue weighted by molar-refractivity contribution is 0.103. The summed E-state index contributed by atoms with van der Waals surface area (Å²) in [6.07, 6.45) is 1.41. The molecule has 134 valence electrons. The Balaban J connectivity index is 1.98. The maximum absolute atomic E-state index is 13.4. The van der Waals surface area contributed by atoms with Crippen LogP contribution in [0, 0.1) is 5.82 Å². The van der Waals surface area contributed by atoms with E-state index in [1.54, 1.807) is 24.3 Å². The van der Waals surface area contributed by atoms with Crippen molar-refractivity contribution in [3.05, 3.63) is 59.7 Å². The Hall–Kier alpha value is -3.35. The van der Waals surface area contributed by atoms with Crippen molar-refractivity contribution < 1.29 is 23.4 Å². The maximum atomic E-state index is 13.4. The van der Waals surface area contributed by atoms with Crippen molar-refractivity contribution in [3.8, 4) is 28.6 Å². The number of carbonyl (C=O) groups is 1. The number of nitrogens with zero attached hydrogens (tertiary/aromatic N) is 1. The monoisotopic (exact) mass is 356 g/mol. The molecule has 3 aromatic rings. The molecule has 0 aliphatic carbocycles. The topological polar surface area (TPSA) is 73.4 Å². The minimum Gasteiger partial charge on any atom is -0.493 e. The van der Waals surface area contributed by atoms with Crippen LogP contribution in [-0.2, 0) is 0 Å². The van der Waals surface area contributed by atoms with Crippen LogP contribution in [0.5, 0.6) is 17.2 Å². The standard InChI is InChI=1S/C19H17FN2O4/c1-24-15-8-12(9-16(25-2)18(15)26-3)17(23)14-10-21-19(22-14)11-5-4-6-13(20)7-11/h4-10H,1-3H3,(H,21,22). The number of carbonyl (C=O) groups excluding carboxylic acids is 1. The first kappa shape index (κ1) is 17.5. The summed E-state index contributed by atoms with van der Waals surface area (Å²) in [5.74, 6) is 0.868. The van der Waals surface area contributed by atoms with Gasteiger partial charge in [0.1, 0.15) is 17.3 Å². The molecule has 6 nitrogen and oxygen atoms in total. The summed E-state index contributed by atoms with van der Waals surface area (Å²) in [6.45, 7) is 0. The summed E-state index contributed by atoms with van der Waals surface area (Å²) in [6, 6.07) is 9.09. The lowest BCUT2D eigenvalue weighted by Crippen LogP contribution is -2.04. The van der Waals surface area contributed by atoms with Crippen molar-refractivity contribution >= 4 is 5.78 Å². The Morgan fingerprint density at radius 2 is 1.73 bits per heavy atom. The highest BCUT2D eigenvalue weighted by Gasteiger charge is 2.19. The summed E-state index contributed by atoms with van der Waals surface area (Å²) in [7, 11) is 4.44. The third kappa shape index (κ3) is 3.23. The summed E-state index contributed by atoms with van der Waals surface area (Å²) in [5.41, 5.74) is 1.15. The van der Waals surface area contributed by atoms with Crippen LogP contribution in [0.15, 0.2) is 42.6 Å². The van der Waals surface area contributed by atoms with Crippen molar-refractivity contribution in [3.63, 3.8) is 0 Å². The second-order valence-corrected chi connectivity index (χ2v) is 5.40. The van der Waals surface area contributed by atoms with Gasteiger partial charge in [0, 0.05) is 11.1 Å². The molecule has 0 fully saturated rings. The van der Waals surface area contributed by atoms with Gasteiger partial charge in [0.15, 0.2) is 11.5 Å². The number of halogens is 1. The SMILES string of the molecule is COc1cc(C(=O)c2cnc(-c3cccc(F)c3)[nH]2)cc(OC)c1OC. The number of hydrogen-bond acceptors (Lipinski definition) is 5. The lowest BCUT2D eigenvalue weighted by atomic mass is 10.1. The molecule has 1 N–H and O–H groups in total. The predicted octanol–water partition coefficient (Wildman–Crippen LogP) is 3.47. The second-order valence-electron chi connectivity index (χ2n) is 5.40. The van der Waals surface area contributed by atoms with Crippen LogP contribution in [-0.4, -0.2) is 37.1 Å². The molecule has 26 heavy (non-hydrogen) atoms. The third-order valence-corrected chi connectivity index (χ3v) is 3.85. The van der Waals surface area contributed by atoms with E-state index in [9.17, 15) is 9.18 Å². The fourth-order valence-electron chi connectivity index (χ4n) is 2.59. The molecule has 0 amide bonds. The lowest BCUT2D eigenvalue weighted by Gasteiger charge is -2.13. The number of imidazole rings is 1. The highest BCUT2D eigenvalue weighted by atomic mass is 19.1. The van der Waals surface area contributed by atoms with Crippen LogP contribution >= 0.6 is 0 Å². The average molecular weight is 356 g/mol. The molecular weight excluding hydrogens is 339 g/mol. The fourth-order valence-corrected chi connectivity index (χ4v) is 2.59. The van der Waals surface area contributed by atoms with E-state index in [1.807, 2.05) is 0 Å². The van der Waals surface area contributed by atoms with E-state index >= 15 is 0 Å². The van der Waals surface area contributed by atoms with E-state index in [0.717, 1.165) is 0 Å². The summed E-state index contributed by atoms with van der Waals surface area (Å²) < 4.78 is 29.2. The van der Waals surface area contributed by atoms with Crippen molar-refractivity contribution in [1.82, 2.24) is 9.97 Å².